The van der Waals surface area contributed by atoms with Crippen LogP contribution in [0.25, 0.3) is 0 Å². The van der Waals surface area contributed by atoms with E-state index in [2.05, 4.69) is 6.92 Å². The van der Waals surface area contributed by atoms with Gasteiger partial charge in [-0.2, -0.15) is 4.31 Å². The molecule has 0 aromatic heterocycles. The monoisotopic (exact) mass is 282 g/mol. The number of piperidine rings is 1. The minimum atomic E-state index is -3.51. The van der Waals surface area contributed by atoms with E-state index in [1.54, 1.807) is 0 Å². The fraction of sp³-hybridized carbons (Fsp3) is 0.462. The molecule has 5 nitrogen and oxygen atoms in total. The number of carboxylic acids is 1. The van der Waals surface area contributed by atoms with Crippen LogP contribution in [-0.2, 0) is 10.0 Å². The molecule has 0 amide bonds. The summed E-state index contributed by atoms with van der Waals surface area (Å²) in [7, 11) is -3.51. The summed E-state index contributed by atoms with van der Waals surface area (Å²) in [4.78, 5) is 10.8. The lowest BCUT2D eigenvalue weighted by molar-refractivity contribution is -0.255. The zero-order valence-corrected chi connectivity index (χ0v) is 11.5. The molecule has 1 heterocycles. The van der Waals surface area contributed by atoms with Crippen molar-refractivity contribution in [1.29, 1.82) is 0 Å². The van der Waals surface area contributed by atoms with Gasteiger partial charge in [-0.05, 0) is 36.5 Å². The van der Waals surface area contributed by atoms with Crippen molar-refractivity contribution < 1.29 is 18.3 Å². The highest BCUT2D eigenvalue weighted by Gasteiger charge is 2.27. The molecule has 6 heteroatoms. The summed E-state index contributed by atoms with van der Waals surface area (Å²) in [5.41, 5.74) is -0.0220. The van der Waals surface area contributed by atoms with Gasteiger partial charge in [0, 0.05) is 13.1 Å². The first-order chi connectivity index (χ1) is 8.91. The molecule has 0 N–H and O–H groups in total. The minimum absolute atomic E-state index is 0.0220. The summed E-state index contributed by atoms with van der Waals surface area (Å²) in [5.74, 6) is -0.761. The number of carbonyl (C=O) groups excluding carboxylic acids is 1. The maximum Gasteiger partial charge on any atom is 0.243 e. The van der Waals surface area contributed by atoms with E-state index < -0.39 is 16.0 Å². The largest absolute Gasteiger partial charge is 0.545 e. The third kappa shape index (κ3) is 2.96. The molecule has 0 radical (unpaired) electrons. The smallest absolute Gasteiger partial charge is 0.243 e. The molecule has 1 fully saturated rings. The number of rotatable bonds is 3. The van der Waals surface area contributed by atoms with Crippen molar-refractivity contribution in [1.82, 2.24) is 4.31 Å². The Hall–Kier alpha value is -1.40. The topological polar surface area (TPSA) is 77.5 Å². The van der Waals surface area contributed by atoms with Crippen molar-refractivity contribution in [3.8, 4) is 0 Å². The highest BCUT2D eigenvalue weighted by molar-refractivity contribution is 7.89. The summed E-state index contributed by atoms with van der Waals surface area (Å²) >= 11 is 0. The molecular formula is C13H16NO4S-. The van der Waals surface area contributed by atoms with Crippen molar-refractivity contribution in [2.75, 3.05) is 13.1 Å². The maximum atomic E-state index is 12.3. The highest BCUT2D eigenvalue weighted by atomic mass is 32.2. The Bertz CT molecular complexity index is 557. The van der Waals surface area contributed by atoms with Gasteiger partial charge in [0.1, 0.15) is 0 Å². The zero-order valence-electron chi connectivity index (χ0n) is 10.7. The van der Waals surface area contributed by atoms with E-state index in [1.165, 1.54) is 28.6 Å². The summed E-state index contributed by atoms with van der Waals surface area (Å²) in [5, 5.41) is 10.6. The van der Waals surface area contributed by atoms with Crippen LogP contribution >= 0.6 is 0 Å². The summed E-state index contributed by atoms with van der Waals surface area (Å²) in [6.45, 7) is 3.15. The van der Waals surface area contributed by atoms with Crippen LogP contribution in [0.1, 0.15) is 30.1 Å². The number of carbonyl (C=O) groups is 1. The van der Waals surface area contributed by atoms with Gasteiger partial charge in [-0.3, -0.25) is 0 Å². The van der Waals surface area contributed by atoms with E-state index in [0.29, 0.717) is 19.0 Å². The summed E-state index contributed by atoms with van der Waals surface area (Å²) in [6, 6.07) is 5.15. The molecule has 1 aliphatic rings. The average molecular weight is 282 g/mol. The number of aromatic carboxylic acids is 1. The molecule has 1 aromatic rings. The Morgan fingerprint density at radius 2 is 1.74 bits per heavy atom. The second-order valence-corrected chi connectivity index (χ2v) is 6.84. The molecule has 1 aliphatic heterocycles. The van der Waals surface area contributed by atoms with Crippen LogP contribution in [0.5, 0.6) is 0 Å². The average Bonchev–Trinajstić information content (AvgIpc) is 2.39. The highest BCUT2D eigenvalue weighted by Crippen LogP contribution is 2.23. The number of hydrogen-bond acceptors (Lipinski definition) is 4. The van der Waals surface area contributed by atoms with E-state index in [1.807, 2.05) is 0 Å². The second-order valence-electron chi connectivity index (χ2n) is 4.90. The van der Waals surface area contributed by atoms with Crippen LogP contribution in [-0.4, -0.2) is 31.8 Å². The predicted octanol–water partition coefficient (Wildman–Crippen LogP) is 0.471. The van der Waals surface area contributed by atoms with Gasteiger partial charge in [0.25, 0.3) is 0 Å². The predicted molar refractivity (Wildman–Crippen MR) is 67.9 cm³/mol. The lowest BCUT2D eigenvalue weighted by atomic mass is 10.0. The molecule has 0 atom stereocenters. The van der Waals surface area contributed by atoms with Crippen molar-refractivity contribution in [2.24, 2.45) is 5.92 Å². The van der Waals surface area contributed by atoms with Crippen LogP contribution in [0.3, 0.4) is 0 Å². The molecule has 2 rings (SSSR count). The third-order valence-electron chi connectivity index (χ3n) is 3.47. The van der Waals surface area contributed by atoms with Gasteiger partial charge in [0.15, 0.2) is 0 Å². The first-order valence-electron chi connectivity index (χ1n) is 6.23. The maximum absolute atomic E-state index is 12.3. The molecule has 104 valence electrons. The van der Waals surface area contributed by atoms with Gasteiger partial charge in [-0.25, -0.2) is 8.42 Å². The van der Waals surface area contributed by atoms with Crippen LogP contribution < -0.4 is 5.11 Å². The number of benzene rings is 1. The molecule has 0 saturated carbocycles. The van der Waals surface area contributed by atoms with Crippen LogP contribution in [0.15, 0.2) is 29.2 Å². The molecule has 0 unspecified atom stereocenters. The third-order valence-corrected chi connectivity index (χ3v) is 5.38. The lowest BCUT2D eigenvalue weighted by Gasteiger charge is -2.29. The van der Waals surface area contributed by atoms with Gasteiger partial charge >= 0.3 is 0 Å². The van der Waals surface area contributed by atoms with Gasteiger partial charge in [0.2, 0.25) is 10.0 Å². The number of nitrogens with zero attached hydrogens (tertiary/aromatic N) is 1. The van der Waals surface area contributed by atoms with Crippen LogP contribution in [0.4, 0.5) is 0 Å². The second kappa shape index (κ2) is 5.30. The molecular weight excluding hydrogens is 266 g/mol. The van der Waals surface area contributed by atoms with Crippen molar-refractivity contribution in [3.05, 3.63) is 29.8 Å². The van der Waals surface area contributed by atoms with Gasteiger partial charge < -0.3 is 9.90 Å². The Morgan fingerprint density at radius 3 is 2.21 bits per heavy atom. The number of sulfonamides is 1. The quantitative estimate of drug-likeness (QED) is 0.807. The molecule has 1 saturated heterocycles. The van der Waals surface area contributed by atoms with Crippen LogP contribution in [0, 0.1) is 5.92 Å². The molecule has 19 heavy (non-hydrogen) atoms. The van der Waals surface area contributed by atoms with Gasteiger partial charge in [0.05, 0.1) is 10.9 Å². The molecule has 0 bridgehead atoms. The summed E-state index contributed by atoms with van der Waals surface area (Å²) < 4.78 is 26.1. The van der Waals surface area contributed by atoms with E-state index in [0.717, 1.165) is 12.8 Å². The Balaban J connectivity index is 2.22. The Kier molecular flexibility index (Phi) is 3.91. The first kappa shape index (κ1) is 14.0. The van der Waals surface area contributed by atoms with Crippen molar-refractivity contribution in [2.45, 2.75) is 24.7 Å². The van der Waals surface area contributed by atoms with E-state index in [4.69, 9.17) is 0 Å². The standard InChI is InChI=1S/C13H17NO4S/c1-10-6-8-14(9-7-10)19(17,18)12-4-2-11(3-5-12)13(15)16/h2-5,10H,6-9H2,1H3,(H,15,16)/p-1. The fourth-order valence-corrected chi connectivity index (χ4v) is 3.61. The number of hydrogen-bond donors (Lipinski definition) is 0. The van der Waals surface area contributed by atoms with Gasteiger partial charge in [-0.1, -0.05) is 19.1 Å². The zero-order chi connectivity index (χ0) is 14.0. The minimum Gasteiger partial charge on any atom is -0.545 e. The Labute approximate surface area is 112 Å². The molecule has 1 aromatic carbocycles. The van der Waals surface area contributed by atoms with Crippen molar-refractivity contribution >= 4 is 16.0 Å². The lowest BCUT2D eigenvalue weighted by Crippen LogP contribution is -2.37. The molecule has 0 spiro atoms. The first-order valence-corrected chi connectivity index (χ1v) is 7.67. The summed E-state index contributed by atoms with van der Waals surface area (Å²) in [6.07, 6.45) is 1.71. The van der Waals surface area contributed by atoms with E-state index >= 15 is 0 Å². The van der Waals surface area contributed by atoms with E-state index in [-0.39, 0.29) is 10.5 Å². The van der Waals surface area contributed by atoms with Crippen molar-refractivity contribution in [3.63, 3.8) is 0 Å². The van der Waals surface area contributed by atoms with Crippen LogP contribution in [0.2, 0.25) is 0 Å². The normalized spacial score (nSPS) is 18.4. The van der Waals surface area contributed by atoms with Gasteiger partial charge in [-0.15, -0.1) is 0 Å². The van der Waals surface area contributed by atoms with E-state index in [9.17, 15) is 18.3 Å². The molecule has 0 aliphatic carbocycles. The Morgan fingerprint density at radius 1 is 1.21 bits per heavy atom. The number of carboxylic acid groups (broad SMARTS) is 1. The SMILES string of the molecule is CC1CCN(S(=O)(=O)c2ccc(C(=O)[O-])cc2)CC1. The fourth-order valence-electron chi connectivity index (χ4n) is 2.14.